The Kier molecular flexibility index (Phi) is 4.25. The molecule has 0 aliphatic carbocycles. The van der Waals surface area contributed by atoms with E-state index in [1.54, 1.807) is 12.4 Å². The van der Waals surface area contributed by atoms with Gasteiger partial charge >= 0.3 is 0 Å². The Labute approximate surface area is 89.3 Å². The molecule has 0 aromatic carbocycles. The van der Waals surface area contributed by atoms with Crippen LogP contribution in [-0.2, 0) is 21.3 Å². The monoisotopic (exact) mass is 233 g/mol. The van der Waals surface area contributed by atoms with Gasteiger partial charge in [0.25, 0.3) is 0 Å². The van der Waals surface area contributed by atoms with Crippen LogP contribution in [0.5, 0.6) is 0 Å². The first kappa shape index (κ1) is 12.2. The van der Waals surface area contributed by atoms with Crippen molar-refractivity contribution in [2.45, 2.75) is 6.54 Å². The van der Waals surface area contributed by atoms with Gasteiger partial charge in [-0.05, 0) is 0 Å². The van der Waals surface area contributed by atoms with Crippen LogP contribution in [-0.4, -0.2) is 49.2 Å². The van der Waals surface area contributed by atoms with Crippen LogP contribution in [0, 0.1) is 0 Å². The summed E-state index contributed by atoms with van der Waals surface area (Å²) in [7, 11) is -0.255. The summed E-state index contributed by atoms with van der Waals surface area (Å²) >= 11 is 0. The summed E-state index contributed by atoms with van der Waals surface area (Å²) in [5.74, 6) is 0.610. The summed E-state index contributed by atoms with van der Waals surface area (Å²) in [6, 6.07) is 0. The molecule has 7 heteroatoms. The summed E-state index contributed by atoms with van der Waals surface area (Å²) in [4.78, 5) is 6.80. The Morgan fingerprint density at radius 3 is 2.87 bits per heavy atom. The van der Waals surface area contributed by atoms with Gasteiger partial charge in [-0.15, -0.1) is 0 Å². The fourth-order valence-corrected chi connectivity index (χ4v) is 2.05. The fourth-order valence-electron chi connectivity index (χ4n) is 1.04. The fraction of sp³-hybridized carbons (Fsp3) is 0.625. The zero-order valence-electron chi connectivity index (χ0n) is 8.80. The zero-order valence-corrected chi connectivity index (χ0v) is 9.62. The molecule has 0 aliphatic heterocycles. The maximum atomic E-state index is 11.6. The summed E-state index contributed by atoms with van der Waals surface area (Å²) in [5, 5.41) is 0. The van der Waals surface area contributed by atoms with E-state index in [1.807, 2.05) is 0 Å². The minimum atomic E-state index is -3.25. The molecule has 1 aromatic rings. The van der Waals surface area contributed by atoms with Crippen LogP contribution >= 0.6 is 0 Å². The Hall–Kier alpha value is -0.920. The Morgan fingerprint density at radius 1 is 1.60 bits per heavy atom. The predicted octanol–water partition coefficient (Wildman–Crippen LogP) is -0.182. The largest absolute Gasteiger partial charge is 0.384 e. The molecule has 0 aliphatic rings. The molecule has 1 aromatic heterocycles. The van der Waals surface area contributed by atoms with Gasteiger partial charge in [0, 0.05) is 26.6 Å². The lowest BCUT2D eigenvalue weighted by atomic mass is 10.6. The van der Waals surface area contributed by atoms with Crippen molar-refractivity contribution < 1.29 is 13.2 Å². The molecule has 1 N–H and O–H groups in total. The number of imidazole rings is 1. The highest BCUT2D eigenvalue weighted by Crippen LogP contribution is 2.03. The smallest absolute Gasteiger partial charge is 0.216 e. The highest BCUT2D eigenvalue weighted by atomic mass is 32.2. The zero-order chi connectivity index (χ0) is 11.3. The number of rotatable bonds is 6. The van der Waals surface area contributed by atoms with Crippen molar-refractivity contribution >= 4 is 10.0 Å². The van der Waals surface area contributed by atoms with E-state index in [1.165, 1.54) is 18.5 Å². The third-order valence-electron chi connectivity index (χ3n) is 1.95. The number of ether oxygens (including phenoxy) is 1. The van der Waals surface area contributed by atoms with Crippen LogP contribution in [0.1, 0.15) is 5.82 Å². The molecule has 86 valence electrons. The van der Waals surface area contributed by atoms with Gasteiger partial charge in [0.2, 0.25) is 10.0 Å². The maximum absolute atomic E-state index is 11.6. The van der Waals surface area contributed by atoms with Crippen LogP contribution in [0.15, 0.2) is 12.4 Å². The summed E-state index contributed by atoms with van der Waals surface area (Å²) < 4.78 is 29.2. The number of H-pyrrole nitrogens is 1. The molecule has 0 atom stereocenters. The molecule has 0 bridgehead atoms. The van der Waals surface area contributed by atoms with Gasteiger partial charge in [-0.25, -0.2) is 13.4 Å². The molecule has 1 rings (SSSR count). The van der Waals surface area contributed by atoms with Crippen LogP contribution in [0.25, 0.3) is 0 Å². The molecule has 0 spiro atoms. The number of methoxy groups -OCH3 is 1. The number of hydrogen-bond donors (Lipinski definition) is 1. The van der Waals surface area contributed by atoms with Gasteiger partial charge in [0.15, 0.2) is 0 Å². The van der Waals surface area contributed by atoms with E-state index in [4.69, 9.17) is 4.74 Å². The normalized spacial score (nSPS) is 12.2. The third kappa shape index (κ3) is 3.61. The van der Waals surface area contributed by atoms with Crippen molar-refractivity contribution in [3.63, 3.8) is 0 Å². The van der Waals surface area contributed by atoms with Crippen molar-refractivity contribution in [2.24, 2.45) is 0 Å². The van der Waals surface area contributed by atoms with E-state index in [0.29, 0.717) is 5.82 Å². The first-order chi connectivity index (χ1) is 7.06. The average molecular weight is 233 g/mol. The molecule has 0 saturated heterocycles. The first-order valence-corrected chi connectivity index (χ1v) is 6.08. The van der Waals surface area contributed by atoms with E-state index in [2.05, 4.69) is 9.97 Å². The third-order valence-corrected chi connectivity index (χ3v) is 3.71. The number of hydrogen-bond acceptors (Lipinski definition) is 4. The second-order valence-electron chi connectivity index (χ2n) is 3.10. The predicted molar refractivity (Wildman–Crippen MR) is 55.7 cm³/mol. The summed E-state index contributed by atoms with van der Waals surface area (Å²) in [6.07, 6.45) is 3.25. The van der Waals surface area contributed by atoms with Crippen LogP contribution in [0.4, 0.5) is 0 Å². The average Bonchev–Trinajstić information content (AvgIpc) is 2.67. The maximum Gasteiger partial charge on any atom is 0.216 e. The molecule has 0 amide bonds. The summed E-state index contributed by atoms with van der Waals surface area (Å²) in [6.45, 7) is 0.448. The molecular weight excluding hydrogens is 218 g/mol. The van der Waals surface area contributed by atoms with Gasteiger partial charge in [0.05, 0.1) is 18.9 Å². The Bertz CT molecular complexity index is 374. The topological polar surface area (TPSA) is 75.3 Å². The van der Waals surface area contributed by atoms with E-state index in [-0.39, 0.29) is 18.9 Å². The standard InChI is InChI=1S/C8H15N3O3S/c1-11(7-8-9-3-4-10-8)15(12,13)6-5-14-2/h3-4H,5-7H2,1-2H3,(H,9,10). The van der Waals surface area contributed by atoms with Gasteiger partial charge in [0.1, 0.15) is 5.82 Å². The first-order valence-electron chi connectivity index (χ1n) is 4.47. The second kappa shape index (κ2) is 5.24. The van der Waals surface area contributed by atoms with Crippen molar-refractivity contribution in [1.29, 1.82) is 0 Å². The van der Waals surface area contributed by atoms with Gasteiger partial charge in [-0.2, -0.15) is 4.31 Å². The summed E-state index contributed by atoms with van der Waals surface area (Å²) in [5.41, 5.74) is 0. The number of sulfonamides is 1. The minimum absolute atomic E-state index is 0.0132. The number of nitrogens with zero attached hydrogens (tertiary/aromatic N) is 2. The Morgan fingerprint density at radius 2 is 2.33 bits per heavy atom. The van der Waals surface area contributed by atoms with Crippen molar-refractivity contribution in [3.8, 4) is 0 Å². The molecule has 0 unspecified atom stereocenters. The minimum Gasteiger partial charge on any atom is -0.384 e. The van der Waals surface area contributed by atoms with Gasteiger partial charge in [-0.1, -0.05) is 0 Å². The quantitative estimate of drug-likeness (QED) is 0.739. The molecule has 6 nitrogen and oxygen atoms in total. The lowest BCUT2D eigenvalue weighted by Crippen LogP contribution is -2.30. The van der Waals surface area contributed by atoms with Crippen LogP contribution in [0.3, 0.4) is 0 Å². The molecule has 0 saturated carbocycles. The molecule has 0 radical (unpaired) electrons. The van der Waals surface area contributed by atoms with Gasteiger partial charge < -0.3 is 9.72 Å². The van der Waals surface area contributed by atoms with E-state index in [9.17, 15) is 8.42 Å². The van der Waals surface area contributed by atoms with Crippen LogP contribution < -0.4 is 0 Å². The SMILES string of the molecule is COCCS(=O)(=O)N(C)Cc1ncc[nH]1. The van der Waals surface area contributed by atoms with Crippen molar-refractivity contribution in [3.05, 3.63) is 18.2 Å². The molecule has 0 fully saturated rings. The molecule has 15 heavy (non-hydrogen) atoms. The number of aromatic nitrogens is 2. The second-order valence-corrected chi connectivity index (χ2v) is 5.30. The molecule has 1 heterocycles. The van der Waals surface area contributed by atoms with Crippen LogP contribution in [0.2, 0.25) is 0 Å². The lowest BCUT2D eigenvalue weighted by Gasteiger charge is -2.15. The molecular formula is C8H15N3O3S. The lowest BCUT2D eigenvalue weighted by molar-refractivity contribution is 0.215. The van der Waals surface area contributed by atoms with E-state index < -0.39 is 10.0 Å². The number of aromatic amines is 1. The number of nitrogens with one attached hydrogen (secondary N) is 1. The highest BCUT2D eigenvalue weighted by molar-refractivity contribution is 7.89. The van der Waals surface area contributed by atoms with E-state index >= 15 is 0 Å². The highest BCUT2D eigenvalue weighted by Gasteiger charge is 2.18. The van der Waals surface area contributed by atoms with Gasteiger partial charge in [-0.3, -0.25) is 0 Å². The van der Waals surface area contributed by atoms with E-state index in [0.717, 1.165) is 0 Å². The Balaban J connectivity index is 2.56. The van der Waals surface area contributed by atoms with Crippen molar-refractivity contribution in [2.75, 3.05) is 26.5 Å². The van der Waals surface area contributed by atoms with Crippen molar-refractivity contribution in [1.82, 2.24) is 14.3 Å².